The molecule has 1 amide bonds. The standard InChI is InChI=1S/C17H23BrN4OS2/c1-21(2)16(23)11-20-17(19-9-8-13-5-4-10-24-13)22(3)12-14-6-7-15(18)25-14/h4-7,10H,8-9,11-12H2,1-3H3,(H,19,20). The first kappa shape index (κ1) is 19.9. The maximum Gasteiger partial charge on any atom is 0.243 e. The third-order valence-corrected chi connectivity index (χ3v) is 6.03. The summed E-state index contributed by atoms with van der Waals surface area (Å²) in [6, 6.07) is 8.33. The second-order valence-electron chi connectivity index (χ2n) is 5.75. The van der Waals surface area contributed by atoms with Crippen molar-refractivity contribution in [2.24, 2.45) is 4.99 Å². The summed E-state index contributed by atoms with van der Waals surface area (Å²) in [4.78, 5) is 22.5. The molecule has 0 aliphatic heterocycles. The SMILES string of the molecule is CN(C)C(=O)CN=C(NCCc1cccs1)N(C)Cc1ccc(Br)s1. The monoisotopic (exact) mass is 442 g/mol. The molecule has 0 aliphatic rings. The van der Waals surface area contributed by atoms with Gasteiger partial charge in [-0.15, -0.1) is 22.7 Å². The largest absolute Gasteiger partial charge is 0.356 e. The minimum Gasteiger partial charge on any atom is -0.356 e. The Kier molecular flexibility index (Phi) is 7.92. The fourth-order valence-electron chi connectivity index (χ4n) is 2.09. The van der Waals surface area contributed by atoms with E-state index in [9.17, 15) is 4.79 Å². The van der Waals surface area contributed by atoms with Crippen LogP contribution in [0.1, 0.15) is 9.75 Å². The summed E-state index contributed by atoms with van der Waals surface area (Å²) in [6.45, 7) is 1.68. The predicted octanol–water partition coefficient (Wildman–Crippen LogP) is 3.28. The molecule has 8 heteroatoms. The third-order valence-electron chi connectivity index (χ3n) is 3.48. The number of guanidine groups is 1. The molecule has 0 unspecified atom stereocenters. The lowest BCUT2D eigenvalue weighted by atomic mass is 10.3. The van der Waals surface area contributed by atoms with Crippen LogP contribution in [0.15, 0.2) is 38.4 Å². The van der Waals surface area contributed by atoms with Crippen LogP contribution in [0.4, 0.5) is 0 Å². The van der Waals surface area contributed by atoms with E-state index >= 15 is 0 Å². The van der Waals surface area contributed by atoms with Gasteiger partial charge in [0.25, 0.3) is 0 Å². The Morgan fingerprint density at radius 1 is 1.24 bits per heavy atom. The van der Waals surface area contributed by atoms with Crippen molar-refractivity contribution in [2.75, 3.05) is 34.2 Å². The average Bonchev–Trinajstić information content (AvgIpc) is 3.21. The van der Waals surface area contributed by atoms with Crippen molar-refractivity contribution in [3.05, 3.63) is 43.2 Å². The van der Waals surface area contributed by atoms with Gasteiger partial charge in [0.05, 0.1) is 10.3 Å². The lowest BCUT2D eigenvalue weighted by Gasteiger charge is -2.22. The lowest BCUT2D eigenvalue weighted by Crippen LogP contribution is -2.40. The minimum absolute atomic E-state index is 0.00942. The summed E-state index contributed by atoms with van der Waals surface area (Å²) >= 11 is 6.95. The highest BCUT2D eigenvalue weighted by Gasteiger charge is 2.11. The van der Waals surface area contributed by atoms with E-state index in [-0.39, 0.29) is 12.5 Å². The normalized spacial score (nSPS) is 11.4. The van der Waals surface area contributed by atoms with Crippen LogP contribution in [0.3, 0.4) is 0 Å². The van der Waals surface area contributed by atoms with Gasteiger partial charge < -0.3 is 15.1 Å². The van der Waals surface area contributed by atoms with Gasteiger partial charge in [-0.1, -0.05) is 6.07 Å². The second kappa shape index (κ2) is 9.94. The number of likely N-dealkylation sites (N-methyl/N-ethyl adjacent to an activating group) is 1. The maximum atomic E-state index is 11.9. The Morgan fingerprint density at radius 2 is 2.04 bits per heavy atom. The number of carbonyl (C=O) groups is 1. The fraction of sp³-hybridized carbons (Fsp3) is 0.412. The second-order valence-corrected chi connectivity index (χ2v) is 9.33. The molecule has 1 N–H and O–H groups in total. The minimum atomic E-state index is -0.00942. The predicted molar refractivity (Wildman–Crippen MR) is 111 cm³/mol. The van der Waals surface area contributed by atoms with Gasteiger partial charge in [-0.3, -0.25) is 4.79 Å². The number of nitrogens with one attached hydrogen (secondary N) is 1. The first-order chi connectivity index (χ1) is 12.0. The van der Waals surface area contributed by atoms with Gasteiger partial charge in [0.2, 0.25) is 5.91 Å². The molecule has 0 saturated heterocycles. The molecule has 0 aromatic carbocycles. The van der Waals surface area contributed by atoms with Crippen LogP contribution in [0.5, 0.6) is 0 Å². The number of thiophene rings is 2. The Bertz CT molecular complexity index is 697. The zero-order valence-corrected chi connectivity index (χ0v) is 17.9. The fourth-order valence-corrected chi connectivity index (χ4v) is 4.34. The van der Waals surface area contributed by atoms with E-state index in [2.05, 4.69) is 54.7 Å². The lowest BCUT2D eigenvalue weighted by molar-refractivity contribution is -0.127. The van der Waals surface area contributed by atoms with Crippen molar-refractivity contribution in [3.8, 4) is 0 Å². The molecular weight excluding hydrogens is 420 g/mol. The zero-order valence-electron chi connectivity index (χ0n) is 14.7. The maximum absolute atomic E-state index is 11.9. The molecule has 0 aliphatic carbocycles. The molecule has 136 valence electrons. The van der Waals surface area contributed by atoms with Crippen LogP contribution < -0.4 is 5.32 Å². The van der Waals surface area contributed by atoms with Crippen LogP contribution in [0, 0.1) is 0 Å². The van der Waals surface area contributed by atoms with Crippen molar-refractivity contribution >= 4 is 50.5 Å². The summed E-state index contributed by atoms with van der Waals surface area (Å²) in [5.74, 6) is 0.737. The molecule has 5 nitrogen and oxygen atoms in total. The van der Waals surface area contributed by atoms with Crippen LogP contribution in [0.25, 0.3) is 0 Å². The van der Waals surface area contributed by atoms with Crippen molar-refractivity contribution in [1.29, 1.82) is 0 Å². The van der Waals surface area contributed by atoms with Crippen molar-refractivity contribution in [1.82, 2.24) is 15.1 Å². The summed E-state index contributed by atoms with van der Waals surface area (Å²) in [5.41, 5.74) is 0. The number of hydrogen-bond donors (Lipinski definition) is 1. The van der Waals surface area contributed by atoms with Gasteiger partial charge in [0.1, 0.15) is 6.54 Å². The van der Waals surface area contributed by atoms with E-state index in [1.807, 2.05) is 13.1 Å². The van der Waals surface area contributed by atoms with Crippen molar-refractivity contribution in [3.63, 3.8) is 0 Å². The zero-order chi connectivity index (χ0) is 18.2. The molecule has 0 atom stereocenters. The Hall–Kier alpha value is -1.38. The highest BCUT2D eigenvalue weighted by Crippen LogP contribution is 2.23. The highest BCUT2D eigenvalue weighted by atomic mass is 79.9. The number of carbonyl (C=O) groups excluding carboxylic acids is 1. The molecule has 2 rings (SSSR count). The number of amides is 1. The van der Waals surface area contributed by atoms with E-state index in [0.717, 1.165) is 29.3 Å². The first-order valence-corrected chi connectivity index (χ1v) is 10.4. The number of halogens is 1. The number of nitrogens with zero attached hydrogens (tertiary/aromatic N) is 3. The van der Waals surface area contributed by atoms with Crippen LogP contribution >= 0.6 is 38.6 Å². The third kappa shape index (κ3) is 6.80. The summed E-state index contributed by atoms with van der Waals surface area (Å²) in [5, 5.41) is 5.47. The topological polar surface area (TPSA) is 47.9 Å². The first-order valence-electron chi connectivity index (χ1n) is 7.92. The van der Waals surface area contributed by atoms with Crippen molar-refractivity contribution in [2.45, 2.75) is 13.0 Å². The molecule has 25 heavy (non-hydrogen) atoms. The van der Waals surface area contributed by atoms with E-state index < -0.39 is 0 Å². The molecule has 0 spiro atoms. The molecule has 2 aromatic heterocycles. The van der Waals surface area contributed by atoms with E-state index in [1.165, 1.54) is 9.75 Å². The molecule has 2 heterocycles. The van der Waals surface area contributed by atoms with Gasteiger partial charge in [0.15, 0.2) is 5.96 Å². The number of hydrogen-bond acceptors (Lipinski definition) is 4. The highest BCUT2D eigenvalue weighted by molar-refractivity contribution is 9.11. The molecule has 2 aromatic rings. The van der Waals surface area contributed by atoms with Crippen LogP contribution in [-0.4, -0.2) is 55.9 Å². The smallest absolute Gasteiger partial charge is 0.243 e. The van der Waals surface area contributed by atoms with Crippen molar-refractivity contribution < 1.29 is 4.79 Å². The van der Waals surface area contributed by atoms with Gasteiger partial charge in [-0.2, -0.15) is 0 Å². The van der Waals surface area contributed by atoms with Crippen LogP contribution in [-0.2, 0) is 17.8 Å². The van der Waals surface area contributed by atoms with E-state index in [1.54, 1.807) is 41.7 Å². The summed E-state index contributed by atoms with van der Waals surface area (Å²) in [7, 11) is 5.48. The molecular formula is C17H23BrN4OS2. The van der Waals surface area contributed by atoms with Crippen LogP contribution in [0.2, 0.25) is 0 Å². The van der Waals surface area contributed by atoms with Gasteiger partial charge in [0, 0.05) is 37.4 Å². The molecule has 0 bridgehead atoms. The van der Waals surface area contributed by atoms with E-state index in [4.69, 9.17) is 0 Å². The Balaban J connectivity index is 1.98. The van der Waals surface area contributed by atoms with Gasteiger partial charge >= 0.3 is 0 Å². The molecule has 0 fully saturated rings. The number of aliphatic imine (C=N–C) groups is 1. The average molecular weight is 443 g/mol. The van der Waals surface area contributed by atoms with Gasteiger partial charge in [-0.25, -0.2) is 4.99 Å². The summed E-state index contributed by atoms with van der Waals surface area (Å²) in [6.07, 6.45) is 0.941. The molecule has 0 radical (unpaired) electrons. The summed E-state index contributed by atoms with van der Waals surface area (Å²) < 4.78 is 1.11. The Morgan fingerprint density at radius 3 is 2.64 bits per heavy atom. The van der Waals surface area contributed by atoms with E-state index in [0.29, 0.717) is 0 Å². The quantitative estimate of drug-likeness (QED) is 0.528. The Labute approximate surface area is 165 Å². The van der Waals surface area contributed by atoms with Gasteiger partial charge in [-0.05, 0) is 45.9 Å². The number of rotatable bonds is 7. The molecule has 0 saturated carbocycles.